The molecule has 1 aliphatic heterocycles. The molecule has 0 amide bonds. The van der Waals surface area contributed by atoms with Crippen molar-refractivity contribution in [2.75, 3.05) is 17.2 Å². The monoisotopic (exact) mass is 396 g/mol. The summed E-state index contributed by atoms with van der Waals surface area (Å²) in [6.45, 7) is 1.46. The van der Waals surface area contributed by atoms with E-state index in [1.807, 2.05) is 48.7 Å². The first-order valence-corrected chi connectivity index (χ1v) is 9.80. The second-order valence-corrected chi connectivity index (χ2v) is 6.95. The van der Waals surface area contributed by atoms with Gasteiger partial charge >= 0.3 is 0 Å². The summed E-state index contributed by atoms with van der Waals surface area (Å²) < 4.78 is 5.34. The first-order chi connectivity index (χ1) is 14.8. The summed E-state index contributed by atoms with van der Waals surface area (Å²) in [6, 6.07) is 18.1. The lowest BCUT2D eigenvalue weighted by molar-refractivity contribution is 0.572. The van der Waals surface area contributed by atoms with Crippen molar-refractivity contribution in [2.24, 2.45) is 4.99 Å². The Bertz CT molecular complexity index is 1150. The maximum absolute atomic E-state index is 5.34. The van der Waals surface area contributed by atoms with Gasteiger partial charge in [-0.2, -0.15) is 4.98 Å². The molecule has 0 bridgehead atoms. The second-order valence-electron chi connectivity index (χ2n) is 6.95. The van der Waals surface area contributed by atoms with Crippen LogP contribution in [0.3, 0.4) is 0 Å². The zero-order valence-corrected chi connectivity index (χ0v) is 16.2. The highest BCUT2D eigenvalue weighted by atomic mass is 16.3. The molecule has 0 saturated heterocycles. The van der Waals surface area contributed by atoms with Crippen LogP contribution < -0.4 is 10.6 Å². The SMILES string of the molecule is C1=NCCc2c1nc(Nc1ccc(-c3cnco3)cc1)nc2NCc1ccccc1. The van der Waals surface area contributed by atoms with Crippen LogP contribution in [0, 0.1) is 0 Å². The molecule has 2 aromatic carbocycles. The van der Waals surface area contributed by atoms with E-state index >= 15 is 0 Å². The van der Waals surface area contributed by atoms with Gasteiger partial charge in [-0.25, -0.2) is 9.97 Å². The Hall–Kier alpha value is -4.00. The Balaban J connectivity index is 1.39. The molecule has 148 valence electrons. The third-order valence-electron chi connectivity index (χ3n) is 4.90. The number of hydrogen-bond acceptors (Lipinski definition) is 7. The number of nitrogens with one attached hydrogen (secondary N) is 2. The minimum Gasteiger partial charge on any atom is -0.444 e. The van der Waals surface area contributed by atoms with Crippen LogP contribution in [0.5, 0.6) is 0 Å². The lowest BCUT2D eigenvalue weighted by atomic mass is 10.1. The van der Waals surface area contributed by atoms with E-state index in [0.29, 0.717) is 12.5 Å². The summed E-state index contributed by atoms with van der Waals surface area (Å²) >= 11 is 0. The van der Waals surface area contributed by atoms with E-state index < -0.39 is 0 Å². The molecule has 2 aromatic heterocycles. The molecule has 3 heterocycles. The summed E-state index contributed by atoms with van der Waals surface area (Å²) in [6.07, 6.45) is 5.77. The molecule has 0 fully saturated rings. The van der Waals surface area contributed by atoms with Gasteiger partial charge in [0, 0.05) is 36.1 Å². The van der Waals surface area contributed by atoms with Crippen molar-refractivity contribution in [1.82, 2.24) is 15.0 Å². The Morgan fingerprint density at radius 2 is 1.83 bits per heavy atom. The topological polar surface area (TPSA) is 88.2 Å². The number of aliphatic imine (C=N–C) groups is 1. The average molecular weight is 396 g/mol. The van der Waals surface area contributed by atoms with Crippen molar-refractivity contribution in [3.05, 3.63) is 84.0 Å². The highest BCUT2D eigenvalue weighted by molar-refractivity contribution is 5.83. The van der Waals surface area contributed by atoms with Crippen LogP contribution in [-0.4, -0.2) is 27.7 Å². The van der Waals surface area contributed by atoms with Gasteiger partial charge in [-0.3, -0.25) is 4.99 Å². The molecule has 7 nitrogen and oxygen atoms in total. The third kappa shape index (κ3) is 3.91. The number of aromatic nitrogens is 3. The molecule has 0 aliphatic carbocycles. The van der Waals surface area contributed by atoms with E-state index in [1.54, 1.807) is 6.20 Å². The van der Waals surface area contributed by atoms with E-state index in [9.17, 15) is 0 Å². The fraction of sp³-hybridized carbons (Fsp3) is 0.130. The van der Waals surface area contributed by atoms with Crippen molar-refractivity contribution in [3.8, 4) is 11.3 Å². The van der Waals surface area contributed by atoms with Gasteiger partial charge in [-0.1, -0.05) is 30.3 Å². The molecule has 0 saturated carbocycles. The number of fused-ring (bicyclic) bond motifs is 1. The number of anilines is 3. The zero-order chi connectivity index (χ0) is 20.2. The number of benzene rings is 2. The van der Waals surface area contributed by atoms with Gasteiger partial charge in [-0.05, 0) is 36.2 Å². The van der Waals surface area contributed by atoms with Gasteiger partial charge in [0.1, 0.15) is 5.82 Å². The summed E-state index contributed by atoms with van der Waals surface area (Å²) in [5, 5.41) is 6.77. The van der Waals surface area contributed by atoms with Crippen molar-refractivity contribution < 1.29 is 4.42 Å². The first-order valence-electron chi connectivity index (χ1n) is 9.80. The average Bonchev–Trinajstić information content (AvgIpc) is 3.34. The zero-order valence-electron chi connectivity index (χ0n) is 16.2. The standard InChI is InChI=1S/C23H20N6O/c1-2-4-16(5-3-1)12-26-22-19-10-11-24-13-20(19)28-23(29-22)27-18-8-6-17(7-9-18)21-14-25-15-30-21/h1-9,13-15H,10-12H2,(H2,26,27,28,29). The van der Waals surface area contributed by atoms with Crippen LogP contribution in [0.1, 0.15) is 16.8 Å². The molecular weight excluding hydrogens is 376 g/mol. The van der Waals surface area contributed by atoms with Crippen LogP contribution in [0.2, 0.25) is 0 Å². The number of hydrogen-bond donors (Lipinski definition) is 2. The van der Waals surface area contributed by atoms with Crippen LogP contribution in [-0.2, 0) is 13.0 Å². The Morgan fingerprint density at radius 3 is 2.63 bits per heavy atom. The molecule has 4 aromatic rings. The molecule has 1 aliphatic rings. The van der Waals surface area contributed by atoms with Gasteiger partial charge in [-0.15, -0.1) is 0 Å². The molecule has 30 heavy (non-hydrogen) atoms. The largest absolute Gasteiger partial charge is 0.444 e. The molecule has 0 radical (unpaired) electrons. The van der Waals surface area contributed by atoms with Crippen LogP contribution in [0.15, 0.2) is 76.6 Å². The van der Waals surface area contributed by atoms with Gasteiger partial charge < -0.3 is 15.1 Å². The molecule has 0 spiro atoms. The molecule has 2 N–H and O–H groups in total. The number of nitrogens with zero attached hydrogens (tertiary/aromatic N) is 4. The van der Waals surface area contributed by atoms with Crippen LogP contribution in [0.25, 0.3) is 11.3 Å². The lowest BCUT2D eigenvalue weighted by Gasteiger charge is -2.17. The summed E-state index contributed by atoms with van der Waals surface area (Å²) in [5.74, 6) is 2.11. The first kappa shape index (κ1) is 18.1. The fourth-order valence-electron chi connectivity index (χ4n) is 3.37. The quantitative estimate of drug-likeness (QED) is 0.500. The second kappa shape index (κ2) is 8.16. The molecule has 5 rings (SSSR count). The highest BCUT2D eigenvalue weighted by Crippen LogP contribution is 2.25. The van der Waals surface area contributed by atoms with Gasteiger partial charge in [0.05, 0.1) is 11.9 Å². The van der Waals surface area contributed by atoms with E-state index in [1.165, 1.54) is 12.0 Å². The van der Waals surface area contributed by atoms with E-state index in [4.69, 9.17) is 9.40 Å². The number of oxazole rings is 1. The predicted octanol–water partition coefficient (Wildman–Crippen LogP) is 4.46. The van der Waals surface area contributed by atoms with Crippen molar-refractivity contribution in [2.45, 2.75) is 13.0 Å². The smallest absolute Gasteiger partial charge is 0.229 e. The van der Waals surface area contributed by atoms with E-state index in [0.717, 1.165) is 47.1 Å². The Labute approximate surface area is 174 Å². The van der Waals surface area contributed by atoms with Gasteiger partial charge in [0.2, 0.25) is 5.95 Å². The predicted molar refractivity (Wildman–Crippen MR) is 117 cm³/mol. The fourth-order valence-corrected chi connectivity index (χ4v) is 3.37. The van der Waals surface area contributed by atoms with Crippen molar-refractivity contribution in [1.29, 1.82) is 0 Å². The van der Waals surface area contributed by atoms with Gasteiger partial charge in [0.15, 0.2) is 12.2 Å². The molecule has 0 unspecified atom stereocenters. The normalized spacial score (nSPS) is 12.4. The molecule has 7 heteroatoms. The highest BCUT2D eigenvalue weighted by Gasteiger charge is 2.16. The summed E-state index contributed by atoms with van der Waals surface area (Å²) in [4.78, 5) is 17.7. The molecular formula is C23H20N6O. The van der Waals surface area contributed by atoms with Crippen LogP contribution >= 0.6 is 0 Å². The Morgan fingerprint density at radius 1 is 0.967 bits per heavy atom. The maximum Gasteiger partial charge on any atom is 0.229 e. The summed E-state index contributed by atoms with van der Waals surface area (Å²) in [7, 11) is 0. The number of rotatable bonds is 6. The minimum absolute atomic E-state index is 0.532. The third-order valence-corrected chi connectivity index (χ3v) is 4.90. The van der Waals surface area contributed by atoms with Crippen LogP contribution in [0.4, 0.5) is 17.5 Å². The Kier molecular flexibility index (Phi) is 4.91. The molecule has 0 atom stereocenters. The summed E-state index contributed by atoms with van der Waals surface area (Å²) in [5.41, 5.74) is 5.01. The van der Waals surface area contributed by atoms with Crippen molar-refractivity contribution in [3.63, 3.8) is 0 Å². The lowest BCUT2D eigenvalue weighted by Crippen LogP contribution is -2.14. The minimum atomic E-state index is 0.532. The van der Waals surface area contributed by atoms with Crippen molar-refractivity contribution >= 4 is 23.7 Å². The van der Waals surface area contributed by atoms with E-state index in [2.05, 4.69) is 37.7 Å². The van der Waals surface area contributed by atoms with E-state index in [-0.39, 0.29) is 0 Å². The van der Waals surface area contributed by atoms with Gasteiger partial charge in [0.25, 0.3) is 0 Å². The maximum atomic E-state index is 5.34.